The molecule has 1 rings (SSSR count). The van der Waals surface area contributed by atoms with Gasteiger partial charge in [-0.05, 0) is 12.1 Å². The van der Waals surface area contributed by atoms with Gasteiger partial charge in [-0.15, -0.1) is 0 Å². The Morgan fingerprint density at radius 3 is 1.50 bits per heavy atom. The number of hydrogen-bond donors (Lipinski definition) is 0. The third kappa shape index (κ3) is 2.28. The van der Waals surface area contributed by atoms with Gasteiger partial charge in [-0.25, -0.2) is 9.59 Å². The fourth-order valence-corrected chi connectivity index (χ4v) is 1.62. The molecule has 0 aliphatic carbocycles. The van der Waals surface area contributed by atoms with Crippen molar-refractivity contribution in [2.45, 2.75) is 0 Å². The second kappa shape index (κ2) is 5.18. The molecule has 86 valence electrons. The van der Waals surface area contributed by atoms with Gasteiger partial charge < -0.3 is 9.47 Å². The van der Waals surface area contributed by atoms with Crippen molar-refractivity contribution in [2.24, 2.45) is 0 Å². The van der Waals surface area contributed by atoms with Crippen LogP contribution in [-0.2, 0) is 9.47 Å². The molecule has 0 spiro atoms. The SMILES string of the molecule is COC(=O)c1c(Cl)ccc(Cl)c1C(=O)OC. The van der Waals surface area contributed by atoms with E-state index in [4.69, 9.17) is 23.2 Å². The van der Waals surface area contributed by atoms with E-state index in [0.29, 0.717) is 0 Å². The quantitative estimate of drug-likeness (QED) is 0.769. The highest BCUT2D eigenvalue weighted by molar-refractivity contribution is 6.38. The molecule has 1 aromatic carbocycles. The van der Waals surface area contributed by atoms with Crippen LogP contribution in [0.3, 0.4) is 0 Å². The van der Waals surface area contributed by atoms with E-state index in [1.165, 1.54) is 26.4 Å². The van der Waals surface area contributed by atoms with E-state index in [1.54, 1.807) is 0 Å². The van der Waals surface area contributed by atoms with E-state index in [1.807, 2.05) is 0 Å². The van der Waals surface area contributed by atoms with Crippen LogP contribution in [0.2, 0.25) is 10.0 Å². The Labute approximate surface area is 102 Å². The normalized spacial score (nSPS) is 9.75. The predicted octanol–water partition coefficient (Wildman–Crippen LogP) is 2.57. The average Bonchev–Trinajstić information content (AvgIpc) is 2.29. The minimum absolute atomic E-state index is 0.0802. The van der Waals surface area contributed by atoms with Gasteiger partial charge in [0.2, 0.25) is 0 Å². The lowest BCUT2D eigenvalue weighted by Crippen LogP contribution is -2.13. The number of methoxy groups -OCH3 is 2. The Morgan fingerprint density at radius 2 is 1.25 bits per heavy atom. The first kappa shape index (κ1) is 12.8. The Kier molecular flexibility index (Phi) is 4.15. The van der Waals surface area contributed by atoms with Gasteiger partial charge in [0.15, 0.2) is 0 Å². The van der Waals surface area contributed by atoms with Crippen molar-refractivity contribution in [1.29, 1.82) is 0 Å². The predicted molar refractivity (Wildman–Crippen MR) is 59.1 cm³/mol. The molecule has 6 heteroatoms. The van der Waals surface area contributed by atoms with Crippen LogP contribution in [0.1, 0.15) is 20.7 Å². The number of esters is 2. The molecule has 0 radical (unpaired) electrons. The molecular weight excluding hydrogens is 255 g/mol. The third-order valence-corrected chi connectivity index (χ3v) is 2.51. The summed E-state index contributed by atoms with van der Waals surface area (Å²) in [6, 6.07) is 2.81. The molecule has 0 heterocycles. The minimum atomic E-state index is -0.743. The van der Waals surface area contributed by atoms with Crippen LogP contribution in [-0.4, -0.2) is 26.2 Å². The minimum Gasteiger partial charge on any atom is -0.465 e. The molecule has 16 heavy (non-hydrogen) atoms. The number of rotatable bonds is 2. The summed E-state index contributed by atoms with van der Waals surface area (Å²) in [4.78, 5) is 22.9. The molecule has 4 nitrogen and oxygen atoms in total. The van der Waals surface area contributed by atoms with Crippen LogP contribution in [0.25, 0.3) is 0 Å². The molecule has 0 bridgehead atoms. The van der Waals surface area contributed by atoms with E-state index in [2.05, 4.69) is 9.47 Å². The first-order valence-corrected chi connectivity index (χ1v) is 4.93. The maximum atomic E-state index is 11.5. The summed E-state index contributed by atoms with van der Waals surface area (Å²) in [5.74, 6) is -1.49. The summed E-state index contributed by atoms with van der Waals surface area (Å²) in [6.45, 7) is 0. The van der Waals surface area contributed by atoms with Crippen LogP contribution in [0.5, 0.6) is 0 Å². The lowest BCUT2D eigenvalue weighted by molar-refractivity contribution is 0.0555. The Morgan fingerprint density at radius 1 is 0.938 bits per heavy atom. The number of ether oxygens (including phenoxy) is 2. The van der Waals surface area contributed by atoms with Gasteiger partial charge in [0, 0.05) is 0 Å². The zero-order chi connectivity index (χ0) is 12.3. The number of halogens is 2. The Hall–Kier alpha value is -1.26. The molecule has 0 unspecified atom stereocenters. The van der Waals surface area contributed by atoms with Gasteiger partial charge >= 0.3 is 11.9 Å². The van der Waals surface area contributed by atoms with Crippen molar-refractivity contribution in [2.75, 3.05) is 14.2 Å². The summed E-state index contributed by atoms with van der Waals surface area (Å²) in [7, 11) is 2.36. The van der Waals surface area contributed by atoms with Crippen molar-refractivity contribution < 1.29 is 19.1 Å². The molecule has 0 fully saturated rings. The highest BCUT2D eigenvalue weighted by Crippen LogP contribution is 2.28. The summed E-state index contributed by atoms with van der Waals surface area (Å²) in [6.07, 6.45) is 0. The summed E-state index contributed by atoms with van der Waals surface area (Å²) < 4.78 is 9.04. The second-order valence-electron chi connectivity index (χ2n) is 2.76. The molecule has 0 aliphatic rings. The lowest BCUT2D eigenvalue weighted by atomic mass is 10.1. The summed E-state index contributed by atoms with van der Waals surface area (Å²) >= 11 is 11.6. The van der Waals surface area contributed by atoms with Gasteiger partial charge in [0.1, 0.15) is 0 Å². The standard InChI is InChI=1S/C10H8Cl2O4/c1-15-9(13)7-5(11)3-4-6(12)8(7)10(14)16-2/h3-4H,1-2H3. The number of carbonyl (C=O) groups is 2. The summed E-state index contributed by atoms with van der Waals surface area (Å²) in [5, 5.41) is 0.160. The van der Waals surface area contributed by atoms with Crippen molar-refractivity contribution in [3.8, 4) is 0 Å². The van der Waals surface area contributed by atoms with Crippen molar-refractivity contribution in [3.05, 3.63) is 33.3 Å². The number of hydrogen-bond acceptors (Lipinski definition) is 4. The van der Waals surface area contributed by atoms with Crippen LogP contribution >= 0.6 is 23.2 Å². The summed E-state index contributed by atoms with van der Waals surface area (Å²) in [5.41, 5.74) is -0.188. The van der Waals surface area contributed by atoms with Crippen molar-refractivity contribution >= 4 is 35.1 Å². The van der Waals surface area contributed by atoms with Crippen molar-refractivity contribution in [1.82, 2.24) is 0 Å². The lowest BCUT2D eigenvalue weighted by Gasteiger charge is -2.09. The van der Waals surface area contributed by atoms with E-state index >= 15 is 0 Å². The maximum absolute atomic E-state index is 11.5. The van der Waals surface area contributed by atoms with Gasteiger partial charge in [-0.2, -0.15) is 0 Å². The monoisotopic (exact) mass is 262 g/mol. The molecule has 0 N–H and O–H groups in total. The topological polar surface area (TPSA) is 52.6 Å². The van der Waals surface area contributed by atoms with Crippen LogP contribution in [0.15, 0.2) is 12.1 Å². The number of benzene rings is 1. The molecule has 0 atom stereocenters. The maximum Gasteiger partial charge on any atom is 0.340 e. The van der Waals surface area contributed by atoms with E-state index in [9.17, 15) is 9.59 Å². The Balaban J connectivity index is 3.49. The molecule has 0 aliphatic heterocycles. The van der Waals surface area contributed by atoms with E-state index in [0.717, 1.165) is 0 Å². The fourth-order valence-electron chi connectivity index (χ4n) is 1.16. The fraction of sp³-hybridized carbons (Fsp3) is 0.200. The third-order valence-electron chi connectivity index (χ3n) is 1.88. The van der Waals surface area contributed by atoms with Gasteiger partial charge in [0.25, 0.3) is 0 Å². The molecule has 1 aromatic rings. The molecular formula is C10H8Cl2O4. The zero-order valence-corrected chi connectivity index (χ0v) is 10.1. The van der Waals surface area contributed by atoms with Gasteiger partial charge in [-0.1, -0.05) is 23.2 Å². The largest absolute Gasteiger partial charge is 0.465 e. The molecule has 0 aromatic heterocycles. The van der Waals surface area contributed by atoms with Gasteiger partial charge in [-0.3, -0.25) is 0 Å². The highest BCUT2D eigenvalue weighted by Gasteiger charge is 2.24. The average molecular weight is 263 g/mol. The molecule has 0 saturated carbocycles. The first-order chi connectivity index (χ1) is 7.52. The van der Waals surface area contributed by atoms with E-state index < -0.39 is 11.9 Å². The first-order valence-electron chi connectivity index (χ1n) is 4.17. The molecule has 0 amide bonds. The Bertz CT molecular complexity index is 402. The van der Waals surface area contributed by atoms with Crippen LogP contribution < -0.4 is 0 Å². The van der Waals surface area contributed by atoms with Crippen LogP contribution in [0.4, 0.5) is 0 Å². The van der Waals surface area contributed by atoms with E-state index in [-0.39, 0.29) is 21.2 Å². The van der Waals surface area contributed by atoms with Crippen molar-refractivity contribution in [3.63, 3.8) is 0 Å². The van der Waals surface area contributed by atoms with Gasteiger partial charge in [0.05, 0.1) is 35.4 Å². The molecule has 0 saturated heterocycles. The van der Waals surface area contributed by atoms with Crippen LogP contribution in [0, 0.1) is 0 Å². The zero-order valence-electron chi connectivity index (χ0n) is 8.54. The highest BCUT2D eigenvalue weighted by atomic mass is 35.5. The second-order valence-corrected chi connectivity index (χ2v) is 3.58. The number of carbonyl (C=O) groups excluding carboxylic acids is 2. The smallest absolute Gasteiger partial charge is 0.340 e.